The Morgan fingerprint density at radius 1 is 1.62 bits per heavy atom. The number of hydrogen-bond acceptors (Lipinski definition) is 2. The Balaban J connectivity index is 2.34. The van der Waals surface area contributed by atoms with Gasteiger partial charge in [0, 0.05) is 4.47 Å². The first-order valence-electron chi connectivity index (χ1n) is 4.00. The van der Waals surface area contributed by atoms with Crippen LogP contribution >= 0.6 is 15.9 Å². The summed E-state index contributed by atoms with van der Waals surface area (Å²) in [5.41, 5.74) is 0.659. The van der Waals surface area contributed by atoms with Crippen LogP contribution in [-0.4, -0.2) is 6.10 Å². The molecule has 1 saturated heterocycles. The summed E-state index contributed by atoms with van der Waals surface area (Å²) in [6.45, 7) is 1.93. The Bertz CT molecular complexity index is 385. The number of ether oxygens (including phenoxy) is 1. The number of halogens is 1. The van der Waals surface area contributed by atoms with E-state index >= 15 is 0 Å². The minimum atomic E-state index is -0.390. The van der Waals surface area contributed by atoms with Crippen LogP contribution in [0.25, 0.3) is 0 Å². The molecular formula is C10H8BrNO. The fraction of sp³-hybridized carbons (Fsp3) is 0.300. The smallest absolute Gasteiger partial charge is 0.178 e. The van der Waals surface area contributed by atoms with Crippen molar-refractivity contribution in [2.75, 3.05) is 0 Å². The van der Waals surface area contributed by atoms with Gasteiger partial charge in [0.05, 0.1) is 6.07 Å². The highest BCUT2D eigenvalue weighted by atomic mass is 79.9. The molecule has 0 amide bonds. The zero-order valence-corrected chi connectivity index (χ0v) is 8.71. The second-order valence-corrected chi connectivity index (χ2v) is 4.16. The van der Waals surface area contributed by atoms with Gasteiger partial charge in [0.2, 0.25) is 0 Å². The second kappa shape index (κ2) is 2.83. The molecule has 0 aromatic heterocycles. The van der Waals surface area contributed by atoms with Crippen molar-refractivity contribution in [1.29, 1.82) is 5.26 Å². The van der Waals surface area contributed by atoms with Crippen molar-refractivity contribution in [3.05, 3.63) is 34.3 Å². The molecule has 2 nitrogen and oxygen atoms in total. The van der Waals surface area contributed by atoms with Gasteiger partial charge in [-0.1, -0.05) is 28.1 Å². The highest BCUT2D eigenvalue weighted by Crippen LogP contribution is 2.45. The van der Waals surface area contributed by atoms with E-state index in [1.54, 1.807) is 0 Å². The Labute approximate surface area is 85.3 Å². The first-order valence-corrected chi connectivity index (χ1v) is 4.79. The second-order valence-electron chi connectivity index (χ2n) is 3.24. The van der Waals surface area contributed by atoms with Crippen molar-refractivity contribution in [1.82, 2.24) is 0 Å². The molecule has 0 N–H and O–H groups in total. The lowest BCUT2D eigenvalue weighted by Crippen LogP contribution is -2.05. The summed E-state index contributed by atoms with van der Waals surface area (Å²) in [7, 11) is 0. The quantitative estimate of drug-likeness (QED) is 0.705. The Kier molecular flexibility index (Phi) is 1.90. The number of rotatable bonds is 1. The predicted octanol–water partition coefficient (Wildman–Crippen LogP) is 2.59. The minimum Gasteiger partial charge on any atom is -0.345 e. The zero-order chi connectivity index (χ0) is 9.47. The van der Waals surface area contributed by atoms with Gasteiger partial charge < -0.3 is 4.74 Å². The lowest BCUT2D eigenvalue weighted by molar-refractivity contribution is 0.321. The number of hydrogen-bond donors (Lipinski definition) is 0. The molecule has 1 aromatic carbocycles. The van der Waals surface area contributed by atoms with E-state index in [2.05, 4.69) is 22.0 Å². The maximum absolute atomic E-state index is 8.69. The zero-order valence-electron chi connectivity index (χ0n) is 7.12. The van der Waals surface area contributed by atoms with Crippen LogP contribution in [-0.2, 0) is 10.3 Å². The molecule has 0 aliphatic carbocycles. The van der Waals surface area contributed by atoms with Gasteiger partial charge in [-0.2, -0.15) is 5.26 Å². The SMILES string of the molecule is CC1(c2cccc(Br)c2)OC1C#N. The van der Waals surface area contributed by atoms with Crippen LogP contribution in [0, 0.1) is 11.3 Å². The van der Waals surface area contributed by atoms with E-state index in [0.29, 0.717) is 0 Å². The predicted molar refractivity (Wildman–Crippen MR) is 52.0 cm³/mol. The molecule has 1 fully saturated rings. The molecule has 2 atom stereocenters. The van der Waals surface area contributed by atoms with Crippen LogP contribution in [0.5, 0.6) is 0 Å². The minimum absolute atomic E-state index is 0.290. The van der Waals surface area contributed by atoms with E-state index in [1.165, 1.54) is 0 Å². The first-order chi connectivity index (χ1) is 6.16. The molecule has 66 valence electrons. The maximum Gasteiger partial charge on any atom is 0.178 e. The molecule has 1 aromatic rings. The number of epoxide rings is 1. The summed E-state index contributed by atoms with van der Waals surface area (Å²) in [6.07, 6.45) is -0.290. The largest absolute Gasteiger partial charge is 0.345 e. The molecule has 0 radical (unpaired) electrons. The lowest BCUT2D eigenvalue weighted by Gasteiger charge is -2.04. The van der Waals surface area contributed by atoms with E-state index in [-0.39, 0.29) is 6.10 Å². The van der Waals surface area contributed by atoms with Gasteiger partial charge in [0.1, 0.15) is 5.60 Å². The molecule has 2 rings (SSSR count). The molecule has 0 bridgehead atoms. The Morgan fingerprint density at radius 3 is 2.92 bits per heavy atom. The fourth-order valence-corrected chi connectivity index (χ4v) is 1.78. The fourth-order valence-electron chi connectivity index (χ4n) is 1.38. The lowest BCUT2D eigenvalue weighted by atomic mass is 9.98. The third kappa shape index (κ3) is 1.37. The topological polar surface area (TPSA) is 36.3 Å². The van der Waals surface area contributed by atoms with Crippen molar-refractivity contribution >= 4 is 15.9 Å². The van der Waals surface area contributed by atoms with Gasteiger partial charge in [0.15, 0.2) is 6.10 Å². The van der Waals surface area contributed by atoms with Gasteiger partial charge in [-0.15, -0.1) is 0 Å². The standard InChI is InChI=1S/C10H8BrNO/c1-10(9(6-12)13-10)7-3-2-4-8(11)5-7/h2-5,9H,1H3. The van der Waals surface area contributed by atoms with E-state index in [9.17, 15) is 0 Å². The maximum atomic E-state index is 8.69. The van der Waals surface area contributed by atoms with Crippen LogP contribution in [0.2, 0.25) is 0 Å². The van der Waals surface area contributed by atoms with E-state index in [1.807, 2.05) is 31.2 Å². The van der Waals surface area contributed by atoms with Crippen LogP contribution in [0.4, 0.5) is 0 Å². The molecule has 1 heterocycles. The third-order valence-corrected chi connectivity index (χ3v) is 2.81. The molecule has 3 heteroatoms. The summed E-state index contributed by atoms with van der Waals surface area (Å²) >= 11 is 3.39. The number of nitrogens with zero attached hydrogens (tertiary/aromatic N) is 1. The molecule has 1 aliphatic heterocycles. The highest BCUT2D eigenvalue weighted by molar-refractivity contribution is 9.10. The first kappa shape index (κ1) is 8.74. The normalized spacial score (nSPS) is 31.0. The van der Waals surface area contributed by atoms with Crippen molar-refractivity contribution in [2.45, 2.75) is 18.6 Å². The summed E-state index contributed by atoms with van der Waals surface area (Å²) in [6, 6.07) is 9.97. The molecule has 2 unspecified atom stereocenters. The molecule has 13 heavy (non-hydrogen) atoms. The van der Waals surface area contributed by atoms with Crippen molar-refractivity contribution in [3.8, 4) is 6.07 Å². The summed E-state index contributed by atoms with van der Waals surface area (Å²) < 4.78 is 6.33. The van der Waals surface area contributed by atoms with Crippen molar-refractivity contribution in [2.24, 2.45) is 0 Å². The van der Waals surface area contributed by atoms with Crippen LogP contribution in [0.15, 0.2) is 28.7 Å². The average Bonchev–Trinajstić information content (AvgIpc) is 2.79. The van der Waals surface area contributed by atoms with Gasteiger partial charge in [0.25, 0.3) is 0 Å². The third-order valence-electron chi connectivity index (χ3n) is 2.32. The molecule has 0 spiro atoms. The van der Waals surface area contributed by atoms with Gasteiger partial charge >= 0.3 is 0 Å². The summed E-state index contributed by atoms with van der Waals surface area (Å²) in [4.78, 5) is 0. The van der Waals surface area contributed by atoms with Crippen LogP contribution in [0.3, 0.4) is 0 Å². The van der Waals surface area contributed by atoms with Gasteiger partial charge in [-0.25, -0.2) is 0 Å². The highest BCUT2D eigenvalue weighted by Gasteiger charge is 2.54. The molecule has 0 saturated carbocycles. The van der Waals surface area contributed by atoms with Gasteiger partial charge in [-0.05, 0) is 24.6 Å². The summed E-state index contributed by atoms with van der Waals surface area (Å²) in [5, 5.41) is 8.69. The van der Waals surface area contributed by atoms with E-state index in [4.69, 9.17) is 10.00 Å². The monoisotopic (exact) mass is 237 g/mol. The number of nitriles is 1. The summed E-state index contributed by atoms with van der Waals surface area (Å²) in [5.74, 6) is 0. The Morgan fingerprint density at radius 2 is 2.38 bits per heavy atom. The van der Waals surface area contributed by atoms with E-state index < -0.39 is 5.60 Å². The van der Waals surface area contributed by atoms with Crippen molar-refractivity contribution < 1.29 is 4.74 Å². The van der Waals surface area contributed by atoms with Crippen LogP contribution < -0.4 is 0 Å². The molecular weight excluding hydrogens is 230 g/mol. The Hall–Kier alpha value is -0.850. The van der Waals surface area contributed by atoms with Crippen molar-refractivity contribution in [3.63, 3.8) is 0 Å². The van der Waals surface area contributed by atoms with E-state index in [0.717, 1.165) is 10.0 Å². The molecule has 1 aliphatic rings. The van der Waals surface area contributed by atoms with Gasteiger partial charge in [-0.3, -0.25) is 0 Å². The van der Waals surface area contributed by atoms with Crippen LogP contribution in [0.1, 0.15) is 12.5 Å². The number of benzene rings is 1. The average molecular weight is 238 g/mol.